The Hall–Kier alpha value is -2.00. The smallest absolute Gasteiger partial charge is 0.257 e. The second-order valence-corrected chi connectivity index (χ2v) is 5.30. The van der Waals surface area contributed by atoms with Gasteiger partial charge in [0.15, 0.2) is 0 Å². The fraction of sp³-hybridized carbons (Fsp3) is 0.467. The highest BCUT2D eigenvalue weighted by atomic mass is 19.1. The SMILES string of the molecule is N#Cc1cc(F)c(C(=O)NC2CCC(CO)CC2)c(F)c1. The maximum absolute atomic E-state index is 13.7. The first-order valence-electron chi connectivity index (χ1n) is 6.86. The average molecular weight is 294 g/mol. The minimum absolute atomic E-state index is 0.125. The average Bonchev–Trinajstić information content (AvgIpc) is 2.47. The molecule has 0 saturated heterocycles. The van der Waals surface area contributed by atoms with Crippen molar-refractivity contribution in [2.45, 2.75) is 31.7 Å². The van der Waals surface area contributed by atoms with Crippen LogP contribution in [-0.2, 0) is 0 Å². The lowest BCUT2D eigenvalue weighted by Gasteiger charge is -2.28. The molecule has 112 valence electrons. The predicted octanol–water partition coefficient (Wildman–Crippen LogP) is 2.12. The van der Waals surface area contributed by atoms with Crippen LogP contribution >= 0.6 is 0 Å². The third-order valence-electron chi connectivity index (χ3n) is 3.84. The quantitative estimate of drug-likeness (QED) is 0.896. The lowest BCUT2D eigenvalue weighted by atomic mass is 9.86. The highest BCUT2D eigenvalue weighted by Gasteiger charge is 2.25. The molecule has 0 atom stereocenters. The number of amides is 1. The molecule has 0 bridgehead atoms. The Kier molecular flexibility index (Phi) is 4.86. The number of nitriles is 1. The molecule has 1 fully saturated rings. The van der Waals surface area contributed by atoms with E-state index in [0.29, 0.717) is 12.8 Å². The number of hydrogen-bond donors (Lipinski definition) is 2. The summed E-state index contributed by atoms with van der Waals surface area (Å²) in [6.45, 7) is 0.125. The molecule has 1 aromatic carbocycles. The summed E-state index contributed by atoms with van der Waals surface area (Å²) >= 11 is 0. The van der Waals surface area contributed by atoms with Gasteiger partial charge in [-0.05, 0) is 43.7 Å². The molecule has 0 heterocycles. The molecule has 0 unspecified atom stereocenters. The molecule has 1 aliphatic carbocycles. The van der Waals surface area contributed by atoms with Gasteiger partial charge in [-0.3, -0.25) is 4.79 Å². The molecule has 6 heteroatoms. The van der Waals surface area contributed by atoms with Crippen LogP contribution in [0.15, 0.2) is 12.1 Å². The molecule has 2 rings (SSSR count). The van der Waals surface area contributed by atoms with Crippen LogP contribution in [0.4, 0.5) is 8.78 Å². The van der Waals surface area contributed by atoms with Gasteiger partial charge >= 0.3 is 0 Å². The van der Waals surface area contributed by atoms with E-state index in [-0.39, 0.29) is 24.1 Å². The van der Waals surface area contributed by atoms with E-state index in [4.69, 9.17) is 10.4 Å². The first-order chi connectivity index (χ1) is 10.0. The van der Waals surface area contributed by atoms with Crippen LogP contribution in [0.25, 0.3) is 0 Å². The number of nitrogens with one attached hydrogen (secondary N) is 1. The van der Waals surface area contributed by atoms with Crippen molar-refractivity contribution in [3.8, 4) is 6.07 Å². The number of nitrogens with zero attached hydrogens (tertiary/aromatic N) is 1. The monoisotopic (exact) mass is 294 g/mol. The number of carbonyl (C=O) groups is 1. The van der Waals surface area contributed by atoms with Crippen molar-refractivity contribution in [2.75, 3.05) is 6.61 Å². The van der Waals surface area contributed by atoms with E-state index in [9.17, 15) is 13.6 Å². The second kappa shape index (κ2) is 6.64. The largest absolute Gasteiger partial charge is 0.396 e. The summed E-state index contributed by atoms with van der Waals surface area (Å²) in [5.74, 6) is -2.63. The Morgan fingerprint density at radius 3 is 2.33 bits per heavy atom. The van der Waals surface area contributed by atoms with E-state index < -0.39 is 23.1 Å². The van der Waals surface area contributed by atoms with Crippen LogP contribution in [0.2, 0.25) is 0 Å². The molecule has 1 amide bonds. The van der Waals surface area contributed by atoms with Gasteiger partial charge in [0.05, 0.1) is 11.6 Å². The maximum atomic E-state index is 13.7. The van der Waals surface area contributed by atoms with E-state index in [2.05, 4.69) is 5.32 Å². The zero-order chi connectivity index (χ0) is 15.4. The van der Waals surface area contributed by atoms with E-state index in [1.54, 1.807) is 6.07 Å². The van der Waals surface area contributed by atoms with Crippen molar-refractivity contribution < 1.29 is 18.7 Å². The molecule has 0 aromatic heterocycles. The van der Waals surface area contributed by atoms with Crippen LogP contribution in [0, 0.1) is 28.9 Å². The lowest BCUT2D eigenvalue weighted by molar-refractivity contribution is 0.0905. The Labute approximate surface area is 121 Å². The van der Waals surface area contributed by atoms with Gasteiger partial charge in [0, 0.05) is 12.6 Å². The van der Waals surface area contributed by atoms with Gasteiger partial charge in [-0.15, -0.1) is 0 Å². The van der Waals surface area contributed by atoms with Crippen molar-refractivity contribution in [1.82, 2.24) is 5.32 Å². The molecule has 2 N–H and O–H groups in total. The maximum Gasteiger partial charge on any atom is 0.257 e. The van der Waals surface area contributed by atoms with Gasteiger partial charge in [-0.2, -0.15) is 5.26 Å². The second-order valence-electron chi connectivity index (χ2n) is 5.30. The van der Waals surface area contributed by atoms with Crippen molar-refractivity contribution in [2.24, 2.45) is 5.92 Å². The third kappa shape index (κ3) is 3.56. The zero-order valence-corrected chi connectivity index (χ0v) is 11.4. The fourth-order valence-corrected chi connectivity index (χ4v) is 2.60. The van der Waals surface area contributed by atoms with Crippen LogP contribution in [0.1, 0.15) is 41.6 Å². The summed E-state index contributed by atoms with van der Waals surface area (Å²) < 4.78 is 27.5. The Morgan fingerprint density at radius 2 is 1.86 bits per heavy atom. The zero-order valence-electron chi connectivity index (χ0n) is 11.4. The van der Waals surface area contributed by atoms with Gasteiger partial charge in [0.1, 0.15) is 17.2 Å². The number of rotatable bonds is 3. The normalized spacial score (nSPS) is 21.6. The summed E-state index contributed by atoms with van der Waals surface area (Å²) in [5, 5.41) is 20.3. The minimum Gasteiger partial charge on any atom is -0.396 e. The summed E-state index contributed by atoms with van der Waals surface area (Å²) in [6, 6.07) is 3.18. The predicted molar refractivity (Wildman–Crippen MR) is 71.4 cm³/mol. The first-order valence-corrected chi connectivity index (χ1v) is 6.86. The molecule has 0 spiro atoms. The summed E-state index contributed by atoms with van der Waals surface area (Å²) in [4.78, 5) is 12.0. The molecule has 1 saturated carbocycles. The van der Waals surface area contributed by atoms with E-state index in [0.717, 1.165) is 25.0 Å². The number of benzene rings is 1. The number of aliphatic hydroxyl groups is 1. The van der Waals surface area contributed by atoms with Crippen LogP contribution in [0.5, 0.6) is 0 Å². The lowest BCUT2D eigenvalue weighted by Crippen LogP contribution is -2.38. The first kappa shape index (κ1) is 15.4. The van der Waals surface area contributed by atoms with Gasteiger partial charge in [-0.1, -0.05) is 0 Å². The Balaban J connectivity index is 2.06. The van der Waals surface area contributed by atoms with Gasteiger partial charge < -0.3 is 10.4 Å². The van der Waals surface area contributed by atoms with E-state index in [1.807, 2.05) is 0 Å². The standard InChI is InChI=1S/C15H16F2N2O2/c16-12-5-10(7-18)6-13(17)14(12)15(21)19-11-3-1-9(8-20)2-4-11/h5-6,9,11,20H,1-4,8H2,(H,19,21). The number of hydrogen-bond acceptors (Lipinski definition) is 3. The highest BCUT2D eigenvalue weighted by molar-refractivity contribution is 5.95. The Morgan fingerprint density at radius 1 is 1.29 bits per heavy atom. The van der Waals surface area contributed by atoms with Crippen molar-refractivity contribution >= 4 is 5.91 Å². The molecular weight excluding hydrogens is 278 g/mol. The number of carbonyl (C=O) groups excluding carboxylic acids is 1. The molecule has 0 aliphatic heterocycles. The van der Waals surface area contributed by atoms with Crippen LogP contribution in [-0.4, -0.2) is 23.7 Å². The molecular formula is C15H16F2N2O2. The summed E-state index contributed by atoms with van der Waals surface area (Å²) in [6.07, 6.45) is 2.91. The van der Waals surface area contributed by atoms with Crippen molar-refractivity contribution in [3.63, 3.8) is 0 Å². The number of halogens is 2. The summed E-state index contributed by atoms with van der Waals surface area (Å²) in [5.41, 5.74) is -0.816. The van der Waals surface area contributed by atoms with Gasteiger partial charge in [0.2, 0.25) is 0 Å². The highest BCUT2D eigenvalue weighted by Crippen LogP contribution is 2.24. The number of aliphatic hydroxyl groups excluding tert-OH is 1. The minimum atomic E-state index is -1.03. The Bertz CT molecular complexity index is 553. The van der Waals surface area contributed by atoms with Crippen molar-refractivity contribution in [1.29, 1.82) is 5.26 Å². The molecule has 1 aliphatic rings. The van der Waals surface area contributed by atoms with E-state index >= 15 is 0 Å². The van der Waals surface area contributed by atoms with Crippen LogP contribution < -0.4 is 5.32 Å². The molecule has 1 aromatic rings. The summed E-state index contributed by atoms with van der Waals surface area (Å²) in [7, 11) is 0. The third-order valence-corrected chi connectivity index (χ3v) is 3.84. The molecule has 4 nitrogen and oxygen atoms in total. The van der Waals surface area contributed by atoms with E-state index in [1.165, 1.54) is 0 Å². The fourth-order valence-electron chi connectivity index (χ4n) is 2.60. The molecule has 0 radical (unpaired) electrons. The molecule has 21 heavy (non-hydrogen) atoms. The van der Waals surface area contributed by atoms with Crippen molar-refractivity contribution in [3.05, 3.63) is 34.9 Å². The van der Waals surface area contributed by atoms with Gasteiger partial charge in [-0.25, -0.2) is 8.78 Å². The van der Waals surface area contributed by atoms with Crippen LogP contribution in [0.3, 0.4) is 0 Å². The van der Waals surface area contributed by atoms with Gasteiger partial charge in [0.25, 0.3) is 5.91 Å². The topological polar surface area (TPSA) is 73.1 Å².